The molecule has 0 bridgehead atoms. The zero-order valence-corrected chi connectivity index (χ0v) is 16.9. The lowest BCUT2D eigenvalue weighted by atomic mass is 9.88. The van der Waals surface area contributed by atoms with Crippen LogP contribution in [-0.2, 0) is 4.74 Å². The van der Waals surface area contributed by atoms with E-state index in [1.54, 1.807) is 12.1 Å². The number of ether oxygens (including phenoxy) is 1. The lowest BCUT2D eigenvalue weighted by molar-refractivity contribution is -0.0701. The van der Waals surface area contributed by atoms with Gasteiger partial charge in [-0.2, -0.15) is 0 Å². The van der Waals surface area contributed by atoms with Crippen LogP contribution < -0.4 is 0 Å². The minimum Gasteiger partial charge on any atom is -0.465 e. The van der Waals surface area contributed by atoms with Crippen molar-refractivity contribution in [2.24, 2.45) is 5.41 Å². The summed E-state index contributed by atoms with van der Waals surface area (Å²) >= 11 is 12.2. The van der Waals surface area contributed by atoms with E-state index in [9.17, 15) is 15.0 Å². The van der Waals surface area contributed by atoms with Gasteiger partial charge >= 0.3 is 6.09 Å². The topological polar surface area (TPSA) is 70.0 Å². The SMILES string of the molecule is CC(C)(C)C1CN(C(=O)O)CC(c2ccc(Cl)c(Cl)c2)C(CCCO)O1. The smallest absolute Gasteiger partial charge is 0.407 e. The number of hydrogen-bond acceptors (Lipinski definition) is 3. The van der Waals surface area contributed by atoms with E-state index < -0.39 is 6.09 Å². The Morgan fingerprint density at radius 3 is 2.50 bits per heavy atom. The van der Waals surface area contributed by atoms with Gasteiger partial charge in [0.15, 0.2) is 0 Å². The van der Waals surface area contributed by atoms with Gasteiger partial charge in [0.25, 0.3) is 0 Å². The van der Waals surface area contributed by atoms with Crippen LogP contribution in [0.3, 0.4) is 0 Å². The number of nitrogens with zero attached hydrogens (tertiary/aromatic N) is 1. The fraction of sp³-hybridized carbons (Fsp3) is 0.632. The average Bonchev–Trinajstić information content (AvgIpc) is 2.75. The molecule has 3 atom stereocenters. The predicted molar refractivity (Wildman–Crippen MR) is 103 cm³/mol. The van der Waals surface area contributed by atoms with Crippen molar-refractivity contribution in [1.82, 2.24) is 4.90 Å². The van der Waals surface area contributed by atoms with Crippen molar-refractivity contribution >= 4 is 29.3 Å². The van der Waals surface area contributed by atoms with Gasteiger partial charge in [-0.1, -0.05) is 50.0 Å². The molecule has 1 amide bonds. The summed E-state index contributed by atoms with van der Waals surface area (Å²) in [5, 5.41) is 19.8. The summed E-state index contributed by atoms with van der Waals surface area (Å²) in [6.45, 7) is 6.82. The molecule has 3 unspecified atom stereocenters. The maximum absolute atomic E-state index is 11.8. The molecule has 0 radical (unpaired) electrons. The average molecular weight is 404 g/mol. The minimum atomic E-state index is -0.962. The summed E-state index contributed by atoms with van der Waals surface area (Å²) in [7, 11) is 0. The summed E-state index contributed by atoms with van der Waals surface area (Å²) in [5.41, 5.74) is 0.681. The van der Waals surface area contributed by atoms with Crippen molar-refractivity contribution in [3.63, 3.8) is 0 Å². The quantitative estimate of drug-likeness (QED) is 0.767. The first-order valence-electron chi connectivity index (χ1n) is 8.82. The number of carbonyl (C=O) groups is 1. The maximum Gasteiger partial charge on any atom is 0.407 e. The molecule has 1 saturated heterocycles. The second-order valence-electron chi connectivity index (χ2n) is 7.86. The van der Waals surface area contributed by atoms with Crippen molar-refractivity contribution in [2.45, 2.75) is 51.7 Å². The fourth-order valence-electron chi connectivity index (χ4n) is 3.24. The Bertz CT molecular complexity index is 632. The largest absolute Gasteiger partial charge is 0.465 e. The van der Waals surface area contributed by atoms with Crippen molar-refractivity contribution < 1.29 is 19.7 Å². The molecule has 1 aromatic rings. The summed E-state index contributed by atoms with van der Waals surface area (Å²) in [6.07, 6.45) is -0.188. The van der Waals surface area contributed by atoms with Crippen molar-refractivity contribution in [1.29, 1.82) is 0 Å². The van der Waals surface area contributed by atoms with E-state index in [4.69, 9.17) is 27.9 Å². The third-order valence-corrected chi connectivity index (χ3v) is 5.59. The molecule has 146 valence electrons. The Morgan fingerprint density at radius 1 is 1.27 bits per heavy atom. The molecule has 2 N–H and O–H groups in total. The van der Waals surface area contributed by atoms with Crippen LogP contribution in [0.2, 0.25) is 10.0 Å². The molecule has 1 heterocycles. The summed E-state index contributed by atoms with van der Waals surface area (Å²) in [5.74, 6) is -0.181. The van der Waals surface area contributed by atoms with Crippen LogP contribution in [0.4, 0.5) is 4.79 Å². The second-order valence-corrected chi connectivity index (χ2v) is 8.68. The number of halogens is 2. The van der Waals surface area contributed by atoms with Gasteiger partial charge in [-0.15, -0.1) is 0 Å². The zero-order chi connectivity index (χ0) is 19.5. The molecule has 0 spiro atoms. The third-order valence-electron chi connectivity index (χ3n) is 4.85. The lowest BCUT2D eigenvalue weighted by Crippen LogP contribution is -2.42. The van der Waals surface area contributed by atoms with Crippen molar-refractivity contribution in [3.8, 4) is 0 Å². The number of amides is 1. The normalized spacial score (nSPS) is 24.4. The highest BCUT2D eigenvalue weighted by atomic mass is 35.5. The Labute approximate surface area is 164 Å². The van der Waals surface area contributed by atoms with Gasteiger partial charge in [0, 0.05) is 19.1 Å². The highest BCUT2D eigenvalue weighted by molar-refractivity contribution is 6.42. The summed E-state index contributed by atoms with van der Waals surface area (Å²) in [6, 6.07) is 5.37. The second kappa shape index (κ2) is 8.79. The van der Waals surface area contributed by atoms with Crippen LogP contribution in [0.5, 0.6) is 0 Å². The third kappa shape index (κ3) is 5.26. The number of rotatable bonds is 4. The molecule has 1 aliphatic rings. The molecule has 5 nitrogen and oxygen atoms in total. The molecular weight excluding hydrogens is 377 g/mol. The molecular formula is C19H27Cl2NO4. The molecule has 2 rings (SSSR count). The number of benzene rings is 1. The molecule has 0 aromatic heterocycles. The zero-order valence-electron chi connectivity index (χ0n) is 15.4. The van der Waals surface area contributed by atoms with E-state index >= 15 is 0 Å². The van der Waals surface area contributed by atoms with E-state index in [0.29, 0.717) is 36.0 Å². The van der Waals surface area contributed by atoms with E-state index in [1.807, 2.05) is 26.8 Å². The van der Waals surface area contributed by atoms with Crippen LogP contribution >= 0.6 is 23.2 Å². The molecule has 26 heavy (non-hydrogen) atoms. The summed E-state index contributed by atoms with van der Waals surface area (Å²) in [4.78, 5) is 13.2. The Kier molecular flexibility index (Phi) is 7.19. The number of aliphatic hydroxyl groups excluding tert-OH is 1. The van der Waals surface area contributed by atoms with Crippen LogP contribution in [0.1, 0.15) is 45.1 Å². The maximum atomic E-state index is 11.8. The highest BCUT2D eigenvalue weighted by Gasteiger charge is 2.39. The van der Waals surface area contributed by atoms with E-state index in [1.165, 1.54) is 4.90 Å². The van der Waals surface area contributed by atoms with Crippen molar-refractivity contribution in [2.75, 3.05) is 19.7 Å². The van der Waals surface area contributed by atoms with Gasteiger partial charge in [-0.3, -0.25) is 0 Å². The molecule has 1 fully saturated rings. The molecule has 1 aliphatic heterocycles. The monoisotopic (exact) mass is 403 g/mol. The van der Waals surface area contributed by atoms with Gasteiger partial charge in [0.1, 0.15) is 0 Å². The molecule has 1 aromatic carbocycles. The fourth-order valence-corrected chi connectivity index (χ4v) is 3.54. The van der Waals surface area contributed by atoms with Gasteiger partial charge in [0.2, 0.25) is 0 Å². The van der Waals surface area contributed by atoms with Crippen molar-refractivity contribution in [3.05, 3.63) is 33.8 Å². The lowest BCUT2D eigenvalue weighted by Gasteiger charge is -2.34. The van der Waals surface area contributed by atoms with Gasteiger partial charge in [0.05, 0.1) is 28.8 Å². The van der Waals surface area contributed by atoms with Gasteiger partial charge in [-0.05, 0) is 36.0 Å². The van der Waals surface area contributed by atoms with Crippen LogP contribution in [0, 0.1) is 5.41 Å². The van der Waals surface area contributed by atoms with Gasteiger partial charge in [-0.25, -0.2) is 4.79 Å². The first kappa shape index (κ1) is 21.3. The van der Waals surface area contributed by atoms with Crippen LogP contribution in [0.25, 0.3) is 0 Å². The Balaban J connectivity index is 2.42. The molecule has 0 saturated carbocycles. The molecule has 0 aliphatic carbocycles. The van der Waals surface area contributed by atoms with Gasteiger partial charge < -0.3 is 19.8 Å². The Hall–Kier alpha value is -1.01. The number of hydrogen-bond donors (Lipinski definition) is 2. The highest BCUT2D eigenvalue weighted by Crippen LogP contribution is 2.36. The number of aliphatic hydroxyl groups is 1. The standard InChI is InChI=1S/C19H27Cl2NO4/c1-19(2,3)17-11-22(18(24)25)10-13(16(26-17)5-4-8-23)12-6-7-14(20)15(21)9-12/h6-7,9,13,16-17,23H,4-5,8,10-11H2,1-3H3,(H,24,25). The molecule has 7 heteroatoms. The van der Waals surface area contributed by atoms with Crippen LogP contribution in [-0.4, -0.2) is 53.1 Å². The van der Waals surface area contributed by atoms with E-state index in [-0.39, 0.29) is 30.1 Å². The van der Waals surface area contributed by atoms with E-state index in [2.05, 4.69) is 0 Å². The summed E-state index contributed by atoms with van der Waals surface area (Å²) < 4.78 is 6.40. The minimum absolute atomic E-state index is 0.0663. The first-order chi connectivity index (χ1) is 12.1. The van der Waals surface area contributed by atoms with E-state index in [0.717, 1.165) is 5.56 Å². The first-order valence-corrected chi connectivity index (χ1v) is 9.58. The predicted octanol–water partition coefficient (Wildman–Crippen LogP) is 4.64. The Morgan fingerprint density at radius 2 is 1.96 bits per heavy atom. The number of carboxylic acid groups (broad SMARTS) is 1. The van der Waals surface area contributed by atoms with Crippen LogP contribution in [0.15, 0.2) is 18.2 Å².